The lowest BCUT2D eigenvalue weighted by atomic mass is 10.3. The maximum absolute atomic E-state index is 10.6. The zero-order valence-electron chi connectivity index (χ0n) is 9.06. The van der Waals surface area contributed by atoms with E-state index in [0.717, 1.165) is 10.3 Å². The zero-order valence-corrected chi connectivity index (χ0v) is 10.6. The van der Waals surface area contributed by atoms with Gasteiger partial charge in [0, 0.05) is 31.6 Å². The van der Waals surface area contributed by atoms with Gasteiger partial charge in [-0.2, -0.15) is 0 Å². The SMILES string of the molecule is NC(=O)CCCNc1nc(Br)cn2ccnc12. The summed E-state index contributed by atoms with van der Waals surface area (Å²) in [6.07, 6.45) is 6.42. The Balaban J connectivity index is 2.07. The molecule has 0 aromatic carbocycles. The number of hydrogen-bond acceptors (Lipinski definition) is 4. The second-order valence-electron chi connectivity index (χ2n) is 3.57. The highest BCUT2D eigenvalue weighted by Crippen LogP contribution is 2.16. The average molecular weight is 298 g/mol. The fourth-order valence-electron chi connectivity index (χ4n) is 1.49. The first kappa shape index (κ1) is 11.8. The molecular weight excluding hydrogens is 286 g/mol. The summed E-state index contributed by atoms with van der Waals surface area (Å²) in [4.78, 5) is 19.1. The van der Waals surface area contributed by atoms with Crippen LogP contribution in [0.2, 0.25) is 0 Å². The average Bonchev–Trinajstić information content (AvgIpc) is 2.71. The maximum Gasteiger partial charge on any atom is 0.217 e. The number of primary amides is 1. The van der Waals surface area contributed by atoms with E-state index in [0.29, 0.717) is 25.2 Å². The van der Waals surface area contributed by atoms with E-state index >= 15 is 0 Å². The molecule has 0 saturated heterocycles. The van der Waals surface area contributed by atoms with Gasteiger partial charge in [-0.15, -0.1) is 0 Å². The van der Waals surface area contributed by atoms with Crippen LogP contribution >= 0.6 is 15.9 Å². The van der Waals surface area contributed by atoms with E-state index in [1.54, 1.807) is 6.20 Å². The van der Waals surface area contributed by atoms with Crippen molar-refractivity contribution in [1.82, 2.24) is 14.4 Å². The highest BCUT2D eigenvalue weighted by Gasteiger charge is 2.05. The highest BCUT2D eigenvalue weighted by atomic mass is 79.9. The highest BCUT2D eigenvalue weighted by molar-refractivity contribution is 9.10. The Kier molecular flexibility index (Phi) is 3.58. The molecule has 7 heteroatoms. The standard InChI is InChI=1S/C10H12BrN5O/c11-7-6-16-5-4-14-10(16)9(15-7)13-3-1-2-8(12)17/h4-6H,1-3H2,(H2,12,17)(H,13,15). The van der Waals surface area contributed by atoms with Crippen molar-refractivity contribution in [3.63, 3.8) is 0 Å². The van der Waals surface area contributed by atoms with Gasteiger partial charge in [0.05, 0.1) is 0 Å². The number of aromatic nitrogens is 3. The van der Waals surface area contributed by atoms with Crippen molar-refractivity contribution < 1.29 is 4.79 Å². The van der Waals surface area contributed by atoms with Crippen molar-refractivity contribution in [3.8, 4) is 0 Å². The topological polar surface area (TPSA) is 85.3 Å². The van der Waals surface area contributed by atoms with Gasteiger partial charge in [-0.3, -0.25) is 4.79 Å². The fraction of sp³-hybridized carbons (Fsp3) is 0.300. The Morgan fingerprint density at radius 3 is 3.18 bits per heavy atom. The van der Waals surface area contributed by atoms with E-state index in [9.17, 15) is 4.79 Å². The minimum Gasteiger partial charge on any atom is -0.370 e. The number of nitrogens with two attached hydrogens (primary N) is 1. The second-order valence-corrected chi connectivity index (χ2v) is 4.38. The van der Waals surface area contributed by atoms with Crippen LogP contribution in [-0.2, 0) is 4.79 Å². The maximum atomic E-state index is 10.6. The third-order valence-electron chi connectivity index (χ3n) is 2.24. The molecule has 0 bridgehead atoms. The van der Waals surface area contributed by atoms with Gasteiger partial charge in [0.25, 0.3) is 0 Å². The minimum atomic E-state index is -0.292. The molecular formula is C10H12BrN5O. The molecule has 17 heavy (non-hydrogen) atoms. The number of hydrogen-bond donors (Lipinski definition) is 2. The first-order valence-electron chi connectivity index (χ1n) is 5.18. The van der Waals surface area contributed by atoms with E-state index in [4.69, 9.17) is 5.73 Å². The van der Waals surface area contributed by atoms with Crippen molar-refractivity contribution in [2.75, 3.05) is 11.9 Å². The molecule has 1 amide bonds. The summed E-state index contributed by atoms with van der Waals surface area (Å²) in [5, 5.41) is 3.14. The number of carbonyl (C=O) groups is 1. The predicted octanol–water partition coefficient (Wildman–Crippen LogP) is 1.17. The fourth-order valence-corrected chi connectivity index (χ4v) is 1.89. The van der Waals surface area contributed by atoms with Gasteiger partial charge in [0.1, 0.15) is 4.60 Å². The van der Waals surface area contributed by atoms with Crippen molar-refractivity contribution in [2.24, 2.45) is 5.73 Å². The zero-order chi connectivity index (χ0) is 12.3. The quantitative estimate of drug-likeness (QED) is 0.811. The first-order chi connectivity index (χ1) is 8.16. The van der Waals surface area contributed by atoms with Gasteiger partial charge in [-0.05, 0) is 22.4 Å². The van der Waals surface area contributed by atoms with Crippen LogP contribution in [0.4, 0.5) is 5.82 Å². The summed E-state index contributed by atoms with van der Waals surface area (Å²) in [7, 11) is 0. The van der Waals surface area contributed by atoms with E-state index < -0.39 is 0 Å². The molecule has 0 spiro atoms. The molecule has 0 atom stereocenters. The largest absolute Gasteiger partial charge is 0.370 e. The molecule has 0 saturated carbocycles. The number of anilines is 1. The Morgan fingerprint density at radius 1 is 1.59 bits per heavy atom. The summed E-state index contributed by atoms with van der Waals surface area (Å²) in [6.45, 7) is 0.634. The van der Waals surface area contributed by atoms with Crippen LogP contribution in [0.5, 0.6) is 0 Å². The van der Waals surface area contributed by atoms with Crippen LogP contribution < -0.4 is 11.1 Å². The van der Waals surface area contributed by atoms with Crippen molar-refractivity contribution in [2.45, 2.75) is 12.8 Å². The molecule has 0 unspecified atom stereocenters. The summed E-state index contributed by atoms with van der Waals surface area (Å²) < 4.78 is 2.59. The van der Waals surface area contributed by atoms with Gasteiger partial charge in [0.15, 0.2) is 11.5 Å². The summed E-state index contributed by atoms with van der Waals surface area (Å²) >= 11 is 3.33. The van der Waals surface area contributed by atoms with E-state index in [1.165, 1.54) is 0 Å². The molecule has 2 aromatic rings. The number of rotatable bonds is 5. The van der Waals surface area contributed by atoms with Crippen molar-refractivity contribution in [3.05, 3.63) is 23.2 Å². The molecule has 90 valence electrons. The first-order valence-corrected chi connectivity index (χ1v) is 5.97. The number of imidazole rings is 1. The lowest BCUT2D eigenvalue weighted by molar-refractivity contribution is -0.118. The smallest absolute Gasteiger partial charge is 0.217 e. The van der Waals surface area contributed by atoms with Gasteiger partial charge in [-0.25, -0.2) is 9.97 Å². The Hall–Kier alpha value is -1.63. The van der Waals surface area contributed by atoms with E-state index in [2.05, 4.69) is 31.2 Å². The molecule has 0 fully saturated rings. The summed E-state index contributed by atoms with van der Waals surface area (Å²) in [5.41, 5.74) is 5.82. The van der Waals surface area contributed by atoms with Gasteiger partial charge in [-0.1, -0.05) is 0 Å². The third-order valence-corrected chi connectivity index (χ3v) is 2.62. The number of fused-ring (bicyclic) bond motifs is 1. The Labute approximate surface area is 106 Å². The summed E-state index contributed by atoms with van der Waals surface area (Å²) in [6, 6.07) is 0. The molecule has 2 aromatic heterocycles. The van der Waals surface area contributed by atoms with E-state index in [-0.39, 0.29) is 5.91 Å². The normalized spacial score (nSPS) is 10.6. The van der Waals surface area contributed by atoms with Crippen molar-refractivity contribution in [1.29, 1.82) is 0 Å². The van der Waals surface area contributed by atoms with Crippen LogP contribution in [-0.4, -0.2) is 26.8 Å². The lowest BCUT2D eigenvalue weighted by Gasteiger charge is -2.06. The summed E-state index contributed by atoms with van der Waals surface area (Å²) in [5.74, 6) is 0.397. The van der Waals surface area contributed by atoms with Crippen LogP contribution in [0.15, 0.2) is 23.2 Å². The van der Waals surface area contributed by atoms with E-state index in [1.807, 2.05) is 16.8 Å². The number of carbonyl (C=O) groups excluding carboxylic acids is 1. The molecule has 0 radical (unpaired) electrons. The number of amides is 1. The van der Waals surface area contributed by atoms with Crippen molar-refractivity contribution >= 4 is 33.3 Å². The Bertz CT molecular complexity index is 538. The minimum absolute atomic E-state index is 0.292. The van der Waals surface area contributed by atoms with Gasteiger partial charge < -0.3 is 15.5 Å². The van der Waals surface area contributed by atoms with Crippen LogP contribution in [0.1, 0.15) is 12.8 Å². The third kappa shape index (κ3) is 2.94. The van der Waals surface area contributed by atoms with Gasteiger partial charge >= 0.3 is 0 Å². The molecule has 0 aliphatic carbocycles. The lowest BCUT2D eigenvalue weighted by Crippen LogP contribution is -2.13. The molecule has 2 rings (SSSR count). The van der Waals surface area contributed by atoms with Crippen LogP contribution in [0.25, 0.3) is 5.65 Å². The van der Waals surface area contributed by atoms with Crippen LogP contribution in [0.3, 0.4) is 0 Å². The molecule has 0 aliphatic heterocycles. The second kappa shape index (κ2) is 5.13. The van der Waals surface area contributed by atoms with Gasteiger partial charge in [0.2, 0.25) is 5.91 Å². The molecule has 3 N–H and O–H groups in total. The Morgan fingerprint density at radius 2 is 2.41 bits per heavy atom. The number of nitrogens with zero attached hydrogens (tertiary/aromatic N) is 3. The number of halogens is 1. The van der Waals surface area contributed by atoms with Crippen LogP contribution in [0, 0.1) is 0 Å². The monoisotopic (exact) mass is 297 g/mol. The number of nitrogens with one attached hydrogen (secondary N) is 1. The molecule has 2 heterocycles. The predicted molar refractivity (Wildman–Crippen MR) is 67.6 cm³/mol. The molecule has 6 nitrogen and oxygen atoms in total. The molecule has 0 aliphatic rings.